The van der Waals surface area contributed by atoms with Gasteiger partial charge in [0.1, 0.15) is 0 Å². The smallest absolute Gasteiger partial charge is 0.0587 e. The molecule has 0 saturated carbocycles. The number of nitrogens with one attached hydrogen (secondary N) is 1. The van der Waals surface area contributed by atoms with Crippen molar-refractivity contribution in [1.82, 2.24) is 5.32 Å². The lowest BCUT2D eigenvalue weighted by atomic mass is 10.1. The van der Waals surface area contributed by atoms with Gasteiger partial charge in [-0.3, -0.25) is 0 Å². The molecule has 3 heteroatoms. The second-order valence-corrected chi connectivity index (χ2v) is 3.06. The molecule has 68 valence electrons. The Balaban J connectivity index is 3.36. The van der Waals surface area contributed by atoms with Crippen molar-refractivity contribution in [1.29, 1.82) is 0 Å². The molecule has 0 saturated heterocycles. The van der Waals surface area contributed by atoms with Crippen LogP contribution in [-0.2, 0) is 0 Å². The summed E-state index contributed by atoms with van der Waals surface area (Å²) in [6, 6.07) is 0.168. The zero-order valence-electron chi connectivity index (χ0n) is 7.38. The van der Waals surface area contributed by atoms with Gasteiger partial charge in [-0.05, 0) is 18.9 Å². The Morgan fingerprint density at radius 1 is 1.27 bits per heavy atom. The fraction of sp³-hybridized carbons (Fsp3) is 1.00. The van der Waals surface area contributed by atoms with E-state index in [-0.39, 0.29) is 19.3 Å². The van der Waals surface area contributed by atoms with Crippen molar-refractivity contribution in [2.45, 2.75) is 26.3 Å². The SMILES string of the molecule is CC(C)C(CO)NCCCO. The minimum Gasteiger partial charge on any atom is -0.396 e. The maximum absolute atomic E-state index is 8.87. The van der Waals surface area contributed by atoms with Crippen molar-refractivity contribution < 1.29 is 10.2 Å². The minimum atomic E-state index is 0.168. The second-order valence-electron chi connectivity index (χ2n) is 3.06. The van der Waals surface area contributed by atoms with E-state index in [0.29, 0.717) is 5.92 Å². The van der Waals surface area contributed by atoms with Gasteiger partial charge in [-0.25, -0.2) is 0 Å². The van der Waals surface area contributed by atoms with E-state index in [4.69, 9.17) is 10.2 Å². The lowest BCUT2D eigenvalue weighted by Gasteiger charge is -2.19. The van der Waals surface area contributed by atoms with Crippen LogP contribution in [0, 0.1) is 5.92 Å². The van der Waals surface area contributed by atoms with Gasteiger partial charge in [0, 0.05) is 12.6 Å². The molecule has 1 unspecified atom stereocenters. The summed E-state index contributed by atoms with van der Waals surface area (Å²) in [6.45, 7) is 5.28. The summed E-state index contributed by atoms with van der Waals surface area (Å²) < 4.78 is 0. The van der Waals surface area contributed by atoms with E-state index >= 15 is 0 Å². The van der Waals surface area contributed by atoms with Crippen LogP contribution >= 0.6 is 0 Å². The van der Waals surface area contributed by atoms with Gasteiger partial charge in [-0.2, -0.15) is 0 Å². The molecule has 0 rings (SSSR count). The second kappa shape index (κ2) is 6.58. The van der Waals surface area contributed by atoms with Gasteiger partial charge in [0.2, 0.25) is 0 Å². The zero-order chi connectivity index (χ0) is 8.69. The van der Waals surface area contributed by atoms with Crippen molar-refractivity contribution in [3.63, 3.8) is 0 Å². The highest BCUT2D eigenvalue weighted by Gasteiger charge is 2.09. The van der Waals surface area contributed by atoms with E-state index < -0.39 is 0 Å². The fourth-order valence-corrected chi connectivity index (χ4v) is 0.878. The van der Waals surface area contributed by atoms with Crippen molar-refractivity contribution in [2.75, 3.05) is 19.8 Å². The first kappa shape index (κ1) is 10.9. The van der Waals surface area contributed by atoms with Crippen LogP contribution in [0.15, 0.2) is 0 Å². The van der Waals surface area contributed by atoms with E-state index in [1.54, 1.807) is 0 Å². The summed E-state index contributed by atoms with van der Waals surface area (Å²) in [4.78, 5) is 0. The van der Waals surface area contributed by atoms with Gasteiger partial charge in [0.05, 0.1) is 6.61 Å². The van der Waals surface area contributed by atoms with Crippen LogP contribution < -0.4 is 5.32 Å². The largest absolute Gasteiger partial charge is 0.396 e. The highest BCUT2D eigenvalue weighted by molar-refractivity contribution is 4.68. The molecule has 0 aliphatic heterocycles. The molecular weight excluding hydrogens is 142 g/mol. The van der Waals surface area contributed by atoms with Crippen LogP contribution in [0.5, 0.6) is 0 Å². The topological polar surface area (TPSA) is 52.5 Å². The third kappa shape index (κ3) is 5.18. The minimum absolute atomic E-state index is 0.168. The third-order valence-electron chi connectivity index (χ3n) is 1.74. The molecule has 3 N–H and O–H groups in total. The predicted octanol–water partition coefficient (Wildman–Crippen LogP) is -0.0247. The number of rotatable bonds is 6. The van der Waals surface area contributed by atoms with Crippen molar-refractivity contribution >= 4 is 0 Å². The third-order valence-corrected chi connectivity index (χ3v) is 1.74. The van der Waals surface area contributed by atoms with Crippen molar-refractivity contribution in [2.24, 2.45) is 5.92 Å². The van der Waals surface area contributed by atoms with Gasteiger partial charge in [0.15, 0.2) is 0 Å². The molecule has 11 heavy (non-hydrogen) atoms. The molecule has 0 bridgehead atoms. The summed E-state index contributed by atoms with van der Waals surface area (Å²) in [5.41, 5.74) is 0. The Morgan fingerprint density at radius 2 is 1.91 bits per heavy atom. The molecule has 0 aliphatic carbocycles. The van der Waals surface area contributed by atoms with Gasteiger partial charge in [0.25, 0.3) is 0 Å². The Bertz CT molecular complexity index is 86.2. The molecule has 0 fully saturated rings. The Hall–Kier alpha value is -0.120. The van der Waals surface area contributed by atoms with E-state index in [9.17, 15) is 0 Å². The summed E-state index contributed by atoms with van der Waals surface area (Å²) in [7, 11) is 0. The number of aliphatic hydroxyl groups is 2. The van der Waals surface area contributed by atoms with Crippen LogP contribution in [0.4, 0.5) is 0 Å². The summed E-state index contributed by atoms with van der Waals surface area (Å²) in [5, 5.41) is 20.5. The molecule has 0 aromatic rings. The molecule has 1 atom stereocenters. The molecular formula is C8H19NO2. The average molecular weight is 161 g/mol. The first-order valence-corrected chi connectivity index (χ1v) is 4.17. The highest BCUT2D eigenvalue weighted by atomic mass is 16.3. The predicted molar refractivity (Wildman–Crippen MR) is 45.4 cm³/mol. The molecule has 0 heterocycles. The standard InChI is InChI=1S/C8H19NO2/c1-7(2)8(6-11)9-4-3-5-10/h7-11H,3-6H2,1-2H3. The lowest BCUT2D eigenvalue weighted by molar-refractivity contribution is 0.205. The first-order chi connectivity index (χ1) is 5.22. The maximum atomic E-state index is 8.87. The summed E-state index contributed by atoms with van der Waals surface area (Å²) in [6.07, 6.45) is 0.753. The van der Waals surface area contributed by atoms with Crippen LogP contribution in [0.25, 0.3) is 0 Å². The Morgan fingerprint density at radius 3 is 2.27 bits per heavy atom. The molecule has 0 spiro atoms. The fourth-order valence-electron chi connectivity index (χ4n) is 0.878. The maximum Gasteiger partial charge on any atom is 0.0587 e. The quantitative estimate of drug-likeness (QED) is 0.480. The van der Waals surface area contributed by atoms with Crippen molar-refractivity contribution in [3.05, 3.63) is 0 Å². The van der Waals surface area contributed by atoms with Gasteiger partial charge < -0.3 is 15.5 Å². The molecule has 3 nitrogen and oxygen atoms in total. The summed E-state index contributed by atoms with van der Waals surface area (Å²) >= 11 is 0. The van der Waals surface area contributed by atoms with E-state index in [1.807, 2.05) is 0 Å². The van der Waals surface area contributed by atoms with Crippen LogP contribution in [0.2, 0.25) is 0 Å². The molecule has 0 aromatic heterocycles. The van der Waals surface area contributed by atoms with Crippen LogP contribution in [0.3, 0.4) is 0 Å². The zero-order valence-corrected chi connectivity index (χ0v) is 7.38. The van der Waals surface area contributed by atoms with Crippen LogP contribution in [0.1, 0.15) is 20.3 Å². The normalized spacial score (nSPS) is 13.9. The van der Waals surface area contributed by atoms with Gasteiger partial charge >= 0.3 is 0 Å². The number of hydrogen-bond donors (Lipinski definition) is 3. The first-order valence-electron chi connectivity index (χ1n) is 4.17. The molecule has 0 radical (unpaired) electrons. The van der Waals surface area contributed by atoms with E-state index in [1.165, 1.54) is 0 Å². The Kier molecular flexibility index (Phi) is 6.51. The van der Waals surface area contributed by atoms with E-state index in [0.717, 1.165) is 13.0 Å². The molecule has 0 aromatic carbocycles. The van der Waals surface area contributed by atoms with E-state index in [2.05, 4.69) is 19.2 Å². The Labute approximate surface area is 68.4 Å². The average Bonchev–Trinajstić information content (AvgIpc) is 1.97. The number of hydrogen-bond acceptors (Lipinski definition) is 3. The number of aliphatic hydroxyl groups excluding tert-OH is 2. The molecule has 0 aliphatic rings. The lowest BCUT2D eigenvalue weighted by Crippen LogP contribution is -2.37. The summed E-state index contributed by atoms with van der Waals surface area (Å²) in [5.74, 6) is 0.443. The highest BCUT2D eigenvalue weighted by Crippen LogP contribution is 1.99. The molecule has 0 amide bonds. The van der Waals surface area contributed by atoms with Gasteiger partial charge in [-0.1, -0.05) is 13.8 Å². The van der Waals surface area contributed by atoms with Crippen LogP contribution in [-0.4, -0.2) is 36.0 Å². The van der Waals surface area contributed by atoms with Crippen molar-refractivity contribution in [3.8, 4) is 0 Å². The van der Waals surface area contributed by atoms with Gasteiger partial charge in [-0.15, -0.1) is 0 Å². The monoisotopic (exact) mass is 161 g/mol.